The highest BCUT2D eigenvalue weighted by Gasteiger charge is 2.25. The molecule has 1 aliphatic heterocycles. The molecule has 2 aromatic carbocycles. The second-order valence-electron chi connectivity index (χ2n) is 5.50. The SMILES string of the molecule is Cc1ccc(Cl)cc1N(C)C(=O)c1cccc2c1SCCC2=O. The number of aryl methyl sites for hydroxylation is 1. The average Bonchev–Trinajstić information content (AvgIpc) is 2.56. The fraction of sp³-hybridized carbons (Fsp3) is 0.222. The molecule has 0 bridgehead atoms. The predicted molar refractivity (Wildman–Crippen MR) is 95.0 cm³/mol. The van der Waals surface area contributed by atoms with E-state index >= 15 is 0 Å². The summed E-state index contributed by atoms with van der Waals surface area (Å²) < 4.78 is 0. The monoisotopic (exact) mass is 345 g/mol. The zero-order valence-electron chi connectivity index (χ0n) is 12.9. The molecule has 0 saturated carbocycles. The minimum Gasteiger partial charge on any atom is -0.311 e. The van der Waals surface area contributed by atoms with Crippen LogP contribution < -0.4 is 4.90 Å². The minimum atomic E-state index is -0.130. The van der Waals surface area contributed by atoms with Gasteiger partial charge in [-0.15, -0.1) is 11.8 Å². The summed E-state index contributed by atoms with van der Waals surface area (Å²) in [5.41, 5.74) is 2.97. The van der Waals surface area contributed by atoms with E-state index in [-0.39, 0.29) is 11.7 Å². The molecule has 0 aromatic heterocycles. The second-order valence-corrected chi connectivity index (χ2v) is 7.04. The third-order valence-electron chi connectivity index (χ3n) is 3.96. The summed E-state index contributed by atoms with van der Waals surface area (Å²) in [6.45, 7) is 1.94. The Morgan fingerprint density at radius 3 is 2.83 bits per heavy atom. The lowest BCUT2D eigenvalue weighted by atomic mass is 10.0. The van der Waals surface area contributed by atoms with E-state index in [1.807, 2.05) is 13.0 Å². The Balaban J connectivity index is 2.02. The highest BCUT2D eigenvalue weighted by molar-refractivity contribution is 7.99. The first-order chi connectivity index (χ1) is 11.0. The minimum absolute atomic E-state index is 0.106. The molecule has 3 nitrogen and oxygen atoms in total. The van der Waals surface area contributed by atoms with Crippen molar-refractivity contribution in [1.82, 2.24) is 0 Å². The van der Waals surface area contributed by atoms with Crippen LogP contribution in [-0.4, -0.2) is 24.5 Å². The number of hydrogen-bond donors (Lipinski definition) is 0. The van der Waals surface area contributed by atoms with Crippen molar-refractivity contribution in [1.29, 1.82) is 0 Å². The zero-order chi connectivity index (χ0) is 16.6. The van der Waals surface area contributed by atoms with Crippen LogP contribution in [0.25, 0.3) is 0 Å². The van der Waals surface area contributed by atoms with Gasteiger partial charge in [0.1, 0.15) is 0 Å². The maximum absolute atomic E-state index is 12.9. The fourth-order valence-corrected chi connectivity index (χ4v) is 4.00. The first-order valence-corrected chi connectivity index (χ1v) is 8.68. The maximum Gasteiger partial charge on any atom is 0.259 e. The van der Waals surface area contributed by atoms with Gasteiger partial charge in [0.15, 0.2) is 5.78 Å². The van der Waals surface area contributed by atoms with Crippen LogP contribution in [0.3, 0.4) is 0 Å². The van der Waals surface area contributed by atoms with Crippen molar-refractivity contribution in [2.75, 3.05) is 17.7 Å². The first kappa shape index (κ1) is 16.1. The van der Waals surface area contributed by atoms with Crippen molar-refractivity contribution in [3.8, 4) is 0 Å². The number of carbonyl (C=O) groups excluding carboxylic acids is 2. The number of halogens is 1. The van der Waals surface area contributed by atoms with Crippen LogP contribution in [-0.2, 0) is 0 Å². The van der Waals surface area contributed by atoms with Crippen molar-refractivity contribution in [3.05, 3.63) is 58.1 Å². The number of benzene rings is 2. The van der Waals surface area contributed by atoms with E-state index in [9.17, 15) is 9.59 Å². The number of ketones is 1. The molecule has 1 amide bonds. The summed E-state index contributed by atoms with van der Waals surface area (Å²) in [6.07, 6.45) is 0.526. The molecule has 0 N–H and O–H groups in total. The highest BCUT2D eigenvalue weighted by atomic mass is 35.5. The van der Waals surface area contributed by atoms with Crippen molar-refractivity contribution in [2.45, 2.75) is 18.2 Å². The first-order valence-electron chi connectivity index (χ1n) is 7.32. The zero-order valence-corrected chi connectivity index (χ0v) is 14.5. The Kier molecular flexibility index (Phi) is 4.46. The number of fused-ring (bicyclic) bond motifs is 1. The standard InChI is InChI=1S/C18H16ClNO2S/c1-11-6-7-12(19)10-15(11)20(2)18(22)14-5-3-4-13-16(21)8-9-23-17(13)14/h3-7,10H,8-9H2,1-2H3. The lowest BCUT2D eigenvalue weighted by Gasteiger charge is -2.23. The van der Waals surface area contributed by atoms with Crippen LogP contribution in [0.15, 0.2) is 41.3 Å². The van der Waals surface area contributed by atoms with Crippen molar-refractivity contribution >= 4 is 40.7 Å². The van der Waals surface area contributed by atoms with Gasteiger partial charge in [0.05, 0.1) is 5.56 Å². The van der Waals surface area contributed by atoms with Crippen LogP contribution in [0.1, 0.15) is 32.7 Å². The summed E-state index contributed by atoms with van der Waals surface area (Å²) >= 11 is 7.63. The van der Waals surface area contributed by atoms with Gasteiger partial charge in [-0.05, 0) is 30.7 Å². The molecule has 0 radical (unpaired) electrons. The van der Waals surface area contributed by atoms with Gasteiger partial charge in [-0.2, -0.15) is 0 Å². The molecule has 0 unspecified atom stereocenters. The van der Waals surface area contributed by atoms with E-state index in [0.717, 1.165) is 21.9 Å². The Hall–Kier alpha value is -1.78. The molecule has 118 valence electrons. The van der Waals surface area contributed by atoms with Gasteiger partial charge < -0.3 is 4.90 Å². The second kappa shape index (κ2) is 6.38. The number of hydrogen-bond acceptors (Lipinski definition) is 3. The topological polar surface area (TPSA) is 37.4 Å². The quantitative estimate of drug-likeness (QED) is 0.798. The molecule has 5 heteroatoms. The number of anilines is 1. The van der Waals surface area contributed by atoms with Crippen LogP contribution in [0.4, 0.5) is 5.69 Å². The summed E-state index contributed by atoms with van der Waals surface area (Å²) in [7, 11) is 1.73. The highest BCUT2D eigenvalue weighted by Crippen LogP contribution is 2.34. The Labute approximate surface area is 144 Å². The van der Waals surface area contributed by atoms with Gasteiger partial charge in [-0.25, -0.2) is 0 Å². The predicted octanol–water partition coefficient (Wildman–Crippen LogP) is 4.60. The molecule has 0 saturated heterocycles. The lowest BCUT2D eigenvalue weighted by molar-refractivity contribution is 0.0983. The van der Waals surface area contributed by atoms with Crippen LogP contribution in [0.5, 0.6) is 0 Å². The molecule has 0 spiro atoms. The van der Waals surface area contributed by atoms with Crippen LogP contribution >= 0.6 is 23.4 Å². The van der Waals surface area contributed by atoms with Gasteiger partial charge >= 0.3 is 0 Å². The van der Waals surface area contributed by atoms with Gasteiger partial charge in [0, 0.05) is 40.4 Å². The number of amides is 1. The number of Topliss-reactive ketones (excluding diaryl/α,β-unsaturated/α-hetero) is 1. The number of thioether (sulfide) groups is 1. The Bertz CT molecular complexity index is 804. The molecule has 0 aliphatic carbocycles. The van der Waals surface area contributed by atoms with Crippen molar-refractivity contribution in [2.24, 2.45) is 0 Å². The summed E-state index contributed by atoms with van der Waals surface area (Å²) in [5, 5.41) is 0.588. The van der Waals surface area contributed by atoms with E-state index in [1.165, 1.54) is 0 Å². The van der Waals surface area contributed by atoms with Gasteiger partial charge in [0.25, 0.3) is 5.91 Å². The van der Waals surface area contributed by atoms with E-state index in [0.29, 0.717) is 22.6 Å². The molecular weight excluding hydrogens is 330 g/mol. The smallest absolute Gasteiger partial charge is 0.259 e. The summed E-state index contributed by atoms with van der Waals surface area (Å²) in [5.74, 6) is 0.695. The average molecular weight is 346 g/mol. The number of carbonyl (C=O) groups is 2. The fourth-order valence-electron chi connectivity index (χ4n) is 2.69. The molecule has 1 aliphatic rings. The van der Waals surface area contributed by atoms with E-state index in [4.69, 9.17) is 11.6 Å². The largest absolute Gasteiger partial charge is 0.311 e. The van der Waals surface area contributed by atoms with E-state index in [1.54, 1.807) is 54.0 Å². The third-order valence-corrected chi connectivity index (χ3v) is 5.33. The molecule has 0 atom stereocenters. The third kappa shape index (κ3) is 3.01. The normalized spacial score (nSPS) is 13.6. The molecule has 1 heterocycles. The van der Waals surface area contributed by atoms with Gasteiger partial charge in [0.2, 0.25) is 0 Å². The van der Waals surface area contributed by atoms with E-state index in [2.05, 4.69) is 0 Å². The molecular formula is C18H16ClNO2S. The Morgan fingerprint density at radius 1 is 1.26 bits per heavy atom. The van der Waals surface area contributed by atoms with Crippen molar-refractivity contribution in [3.63, 3.8) is 0 Å². The van der Waals surface area contributed by atoms with Gasteiger partial charge in [-0.1, -0.05) is 29.8 Å². The molecule has 2 aromatic rings. The summed E-state index contributed by atoms with van der Waals surface area (Å²) in [6, 6.07) is 10.8. The number of rotatable bonds is 2. The maximum atomic E-state index is 12.9. The van der Waals surface area contributed by atoms with Crippen LogP contribution in [0, 0.1) is 6.92 Å². The number of nitrogens with zero attached hydrogens (tertiary/aromatic N) is 1. The summed E-state index contributed by atoms with van der Waals surface area (Å²) in [4.78, 5) is 27.4. The molecule has 0 fully saturated rings. The Morgan fingerprint density at radius 2 is 2.04 bits per heavy atom. The molecule has 3 rings (SSSR count). The lowest BCUT2D eigenvalue weighted by Crippen LogP contribution is -2.28. The van der Waals surface area contributed by atoms with Gasteiger partial charge in [-0.3, -0.25) is 9.59 Å². The van der Waals surface area contributed by atoms with Crippen LogP contribution in [0.2, 0.25) is 5.02 Å². The molecule has 23 heavy (non-hydrogen) atoms. The van der Waals surface area contributed by atoms with Crippen molar-refractivity contribution < 1.29 is 9.59 Å². The van der Waals surface area contributed by atoms with E-state index < -0.39 is 0 Å².